The van der Waals surface area contributed by atoms with Gasteiger partial charge in [0.05, 0.1) is 18.2 Å². The van der Waals surface area contributed by atoms with Crippen LogP contribution in [0.5, 0.6) is 0 Å². The van der Waals surface area contributed by atoms with Crippen LogP contribution in [0.1, 0.15) is 57.8 Å². The second-order valence-electron chi connectivity index (χ2n) is 7.21. The van der Waals surface area contributed by atoms with Gasteiger partial charge in [0.15, 0.2) is 6.10 Å². The minimum atomic E-state index is -1.02. The normalized spacial score (nSPS) is 16.3. The van der Waals surface area contributed by atoms with Crippen molar-refractivity contribution in [2.75, 3.05) is 12.4 Å². The minimum absolute atomic E-state index is 0.156. The number of hydrogen-bond donors (Lipinski definition) is 1. The fourth-order valence-electron chi connectivity index (χ4n) is 3.40. The zero-order chi connectivity index (χ0) is 21.8. The highest BCUT2D eigenvalue weighted by Crippen LogP contribution is 2.40. The number of esters is 2. The van der Waals surface area contributed by atoms with Gasteiger partial charge >= 0.3 is 11.9 Å². The van der Waals surface area contributed by atoms with E-state index < -0.39 is 23.9 Å². The number of methoxy groups -OCH3 is 1. The molecule has 2 aromatic heterocycles. The van der Waals surface area contributed by atoms with Crippen molar-refractivity contribution in [1.82, 2.24) is 4.98 Å². The van der Waals surface area contributed by atoms with E-state index in [4.69, 9.17) is 21.1 Å². The Morgan fingerprint density at radius 2 is 2.13 bits per heavy atom. The number of aromatic nitrogens is 1. The molecule has 0 aliphatic heterocycles. The molecule has 0 saturated heterocycles. The number of carbonyl (C=O) groups is 3. The first-order valence-corrected chi connectivity index (χ1v) is 10.9. The number of nitrogens with one attached hydrogen (secondary N) is 1. The molecule has 7 nitrogen and oxygen atoms in total. The summed E-state index contributed by atoms with van der Waals surface area (Å²) < 4.78 is 10.3. The molecule has 2 aromatic rings. The van der Waals surface area contributed by atoms with Crippen LogP contribution < -0.4 is 5.32 Å². The third kappa shape index (κ3) is 4.82. The van der Waals surface area contributed by atoms with Crippen LogP contribution in [0, 0.1) is 5.92 Å². The number of amides is 1. The van der Waals surface area contributed by atoms with Crippen LogP contribution >= 0.6 is 22.9 Å². The molecule has 1 N–H and O–H groups in total. The van der Waals surface area contributed by atoms with Crippen LogP contribution in [0.25, 0.3) is 0 Å². The lowest BCUT2D eigenvalue weighted by atomic mass is 9.88. The summed E-state index contributed by atoms with van der Waals surface area (Å²) in [7, 11) is 1.32. The average molecular weight is 451 g/mol. The van der Waals surface area contributed by atoms with Gasteiger partial charge in [-0.2, -0.15) is 0 Å². The molecule has 0 aromatic carbocycles. The summed E-state index contributed by atoms with van der Waals surface area (Å²) in [5, 5.41) is 3.37. The number of fused-ring (bicyclic) bond motifs is 1. The predicted molar refractivity (Wildman–Crippen MR) is 114 cm³/mol. The van der Waals surface area contributed by atoms with E-state index in [1.54, 1.807) is 6.92 Å². The first-order valence-electron chi connectivity index (χ1n) is 9.70. The van der Waals surface area contributed by atoms with Gasteiger partial charge in [-0.1, -0.05) is 25.4 Å². The first kappa shape index (κ1) is 22.2. The molecule has 30 heavy (non-hydrogen) atoms. The van der Waals surface area contributed by atoms with E-state index in [-0.39, 0.29) is 17.1 Å². The van der Waals surface area contributed by atoms with E-state index >= 15 is 0 Å². The largest absolute Gasteiger partial charge is 0.465 e. The number of nitrogens with zero attached hydrogens (tertiary/aromatic N) is 1. The molecule has 2 atom stereocenters. The van der Waals surface area contributed by atoms with Crippen molar-refractivity contribution in [2.45, 2.75) is 45.6 Å². The zero-order valence-electron chi connectivity index (χ0n) is 17.0. The van der Waals surface area contributed by atoms with Crippen LogP contribution in [-0.2, 0) is 27.1 Å². The van der Waals surface area contributed by atoms with Crippen molar-refractivity contribution in [3.8, 4) is 0 Å². The van der Waals surface area contributed by atoms with Crippen LogP contribution in [0.4, 0.5) is 5.00 Å². The smallest absolute Gasteiger partial charge is 0.341 e. The molecule has 0 saturated carbocycles. The standard InChI is InChI=1S/C21H23ClN2O5S/c1-4-14(29-20(26)12-7-8-23-16(22)10-12)18(25)24-19-17(21(27)28-3)13-6-5-11(2)9-15(13)30-19/h7-8,10-11,14H,4-6,9H2,1-3H3,(H,24,25). The Morgan fingerprint density at radius 1 is 1.37 bits per heavy atom. The molecular formula is C21H23ClN2O5S. The second kappa shape index (κ2) is 9.57. The fraction of sp³-hybridized carbons (Fsp3) is 0.429. The summed E-state index contributed by atoms with van der Waals surface area (Å²) in [4.78, 5) is 42.5. The molecule has 0 bridgehead atoms. The van der Waals surface area contributed by atoms with E-state index in [9.17, 15) is 14.4 Å². The number of thiophene rings is 1. The number of anilines is 1. The van der Waals surface area contributed by atoms with Gasteiger partial charge in [0.2, 0.25) is 0 Å². The molecule has 9 heteroatoms. The predicted octanol–water partition coefficient (Wildman–Crippen LogP) is 4.28. The lowest BCUT2D eigenvalue weighted by molar-refractivity contribution is -0.124. The zero-order valence-corrected chi connectivity index (χ0v) is 18.6. The molecule has 0 radical (unpaired) electrons. The highest BCUT2D eigenvalue weighted by molar-refractivity contribution is 7.17. The van der Waals surface area contributed by atoms with Crippen molar-refractivity contribution >= 4 is 45.8 Å². The summed E-state index contributed by atoms with van der Waals surface area (Å²) in [5.41, 5.74) is 1.55. The number of ether oxygens (including phenoxy) is 2. The number of halogens is 1. The summed E-state index contributed by atoms with van der Waals surface area (Å²) >= 11 is 7.19. The van der Waals surface area contributed by atoms with Crippen molar-refractivity contribution < 1.29 is 23.9 Å². The molecule has 0 spiro atoms. The number of rotatable bonds is 6. The van der Waals surface area contributed by atoms with Crippen LogP contribution in [-0.4, -0.2) is 36.0 Å². The van der Waals surface area contributed by atoms with Crippen LogP contribution in [0.2, 0.25) is 5.15 Å². The second-order valence-corrected chi connectivity index (χ2v) is 8.70. The molecule has 0 fully saturated rings. The van der Waals surface area contributed by atoms with Gasteiger partial charge in [0, 0.05) is 11.1 Å². The van der Waals surface area contributed by atoms with E-state index in [0.29, 0.717) is 16.5 Å². The highest BCUT2D eigenvalue weighted by atomic mass is 35.5. The Hall–Kier alpha value is -2.45. The molecule has 2 unspecified atom stereocenters. The number of pyridine rings is 1. The summed E-state index contributed by atoms with van der Waals surface area (Å²) in [6.45, 7) is 3.90. The third-order valence-electron chi connectivity index (χ3n) is 5.01. The van der Waals surface area contributed by atoms with Crippen LogP contribution in [0.15, 0.2) is 18.3 Å². The van der Waals surface area contributed by atoms with Crippen molar-refractivity contribution in [3.05, 3.63) is 45.1 Å². The van der Waals surface area contributed by atoms with Gasteiger partial charge in [0.1, 0.15) is 10.2 Å². The quantitative estimate of drug-likeness (QED) is 0.521. The first-order chi connectivity index (χ1) is 14.3. The Labute approximate surface area is 183 Å². The Bertz CT molecular complexity index is 974. The monoisotopic (exact) mass is 450 g/mol. The molecule has 1 amide bonds. The molecule has 1 aliphatic carbocycles. The maximum Gasteiger partial charge on any atom is 0.341 e. The molecule has 3 rings (SSSR count). The lowest BCUT2D eigenvalue weighted by Gasteiger charge is -2.18. The van der Waals surface area contributed by atoms with Gasteiger partial charge in [-0.15, -0.1) is 11.3 Å². The Morgan fingerprint density at radius 3 is 2.80 bits per heavy atom. The van der Waals surface area contributed by atoms with Gasteiger partial charge in [0.25, 0.3) is 5.91 Å². The highest BCUT2D eigenvalue weighted by Gasteiger charge is 2.30. The Balaban J connectivity index is 1.80. The van der Waals surface area contributed by atoms with Crippen LogP contribution in [0.3, 0.4) is 0 Å². The fourth-order valence-corrected chi connectivity index (χ4v) is 4.97. The minimum Gasteiger partial charge on any atom is -0.465 e. The van der Waals surface area contributed by atoms with Gasteiger partial charge in [-0.25, -0.2) is 14.6 Å². The third-order valence-corrected chi connectivity index (χ3v) is 6.39. The molecular weight excluding hydrogens is 428 g/mol. The average Bonchev–Trinajstić information content (AvgIpc) is 3.07. The van der Waals surface area contributed by atoms with Crippen molar-refractivity contribution in [3.63, 3.8) is 0 Å². The van der Waals surface area contributed by atoms with Gasteiger partial charge in [-0.3, -0.25) is 4.79 Å². The van der Waals surface area contributed by atoms with Gasteiger partial charge in [-0.05, 0) is 49.3 Å². The maximum atomic E-state index is 12.8. The maximum absolute atomic E-state index is 12.8. The van der Waals surface area contributed by atoms with Crippen molar-refractivity contribution in [1.29, 1.82) is 0 Å². The molecule has 160 valence electrons. The molecule has 1 aliphatic rings. The summed E-state index contributed by atoms with van der Waals surface area (Å²) in [5.74, 6) is -1.13. The van der Waals surface area contributed by atoms with E-state index in [2.05, 4.69) is 17.2 Å². The summed E-state index contributed by atoms with van der Waals surface area (Å²) in [6, 6.07) is 2.83. The van der Waals surface area contributed by atoms with Gasteiger partial charge < -0.3 is 14.8 Å². The topological polar surface area (TPSA) is 94.6 Å². The van der Waals surface area contributed by atoms with E-state index in [1.165, 1.54) is 36.8 Å². The SMILES string of the molecule is CCC(OC(=O)c1ccnc(Cl)c1)C(=O)Nc1sc2c(c1C(=O)OC)CCC(C)C2. The molecule has 2 heterocycles. The van der Waals surface area contributed by atoms with E-state index in [0.717, 1.165) is 29.7 Å². The van der Waals surface area contributed by atoms with Crippen molar-refractivity contribution in [2.24, 2.45) is 5.92 Å². The number of carbonyl (C=O) groups excluding carboxylic acids is 3. The van der Waals surface area contributed by atoms with E-state index in [1.807, 2.05) is 0 Å². The number of hydrogen-bond acceptors (Lipinski definition) is 7. The summed E-state index contributed by atoms with van der Waals surface area (Å²) in [6.07, 6.45) is 3.24. The Kier molecular flexibility index (Phi) is 7.10. The lowest BCUT2D eigenvalue weighted by Crippen LogP contribution is -2.32.